The molecule has 0 saturated carbocycles. The van der Waals surface area contributed by atoms with Gasteiger partial charge in [0.25, 0.3) is 5.91 Å². The lowest BCUT2D eigenvalue weighted by molar-refractivity contribution is -0.138. The minimum atomic E-state index is -1.05. The van der Waals surface area contributed by atoms with Crippen molar-refractivity contribution in [3.05, 3.63) is 65.7 Å². The van der Waals surface area contributed by atoms with Crippen LogP contribution in [-0.4, -0.2) is 41.9 Å². The van der Waals surface area contributed by atoms with Crippen LogP contribution in [0.1, 0.15) is 21.8 Å². The van der Waals surface area contributed by atoms with Crippen LogP contribution in [0.2, 0.25) is 0 Å². The van der Waals surface area contributed by atoms with Gasteiger partial charge in [-0.1, -0.05) is 36.4 Å². The number of benzene rings is 2. The van der Waals surface area contributed by atoms with E-state index in [2.05, 4.69) is 15.6 Å². The third kappa shape index (κ3) is 6.13. The molecule has 28 heavy (non-hydrogen) atoms. The van der Waals surface area contributed by atoms with E-state index in [1.807, 2.05) is 0 Å². The second-order valence-corrected chi connectivity index (χ2v) is 5.88. The molecule has 0 radical (unpaired) electrons. The Labute approximate surface area is 161 Å². The molecular weight excluding hydrogens is 362 g/mol. The molecule has 9 nitrogen and oxygen atoms in total. The average molecular weight is 383 g/mol. The first-order valence-corrected chi connectivity index (χ1v) is 8.39. The van der Waals surface area contributed by atoms with Gasteiger partial charge in [0.15, 0.2) is 5.96 Å². The predicted octanol–water partition coefficient (Wildman–Crippen LogP) is 0.306. The van der Waals surface area contributed by atoms with Crippen molar-refractivity contribution in [2.75, 3.05) is 13.1 Å². The first kappa shape index (κ1) is 20.4. The van der Waals surface area contributed by atoms with Gasteiger partial charge >= 0.3 is 5.97 Å². The number of amides is 2. The average Bonchev–Trinajstić information content (AvgIpc) is 2.66. The zero-order valence-corrected chi connectivity index (χ0v) is 15.0. The van der Waals surface area contributed by atoms with Crippen LogP contribution in [0.25, 0.3) is 0 Å². The summed E-state index contributed by atoms with van der Waals surface area (Å²) in [4.78, 5) is 39.4. The van der Waals surface area contributed by atoms with Crippen LogP contribution in [-0.2, 0) is 9.59 Å². The number of nitrogens with one attached hydrogen (secondary N) is 2. The molecule has 0 fully saturated rings. The lowest BCUT2D eigenvalue weighted by atomic mass is 9.99. The third-order valence-corrected chi connectivity index (χ3v) is 3.78. The normalized spacial score (nSPS) is 11.1. The van der Waals surface area contributed by atoms with E-state index in [4.69, 9.17) is 11.5 Å². The molecule has 2 aromatic carbocycles. The molecule has 0 spiro atoms. The van der Waals surface area contributed by atoms with Gasteiger partial charge in [0.1, 0.15) is 0 Å². The number of hydrogen-bond donors (Lipinski definition) is 5. The van der Waals surface area contributed by atoms with Crippen LogP contribution >= 0.6 is 0 Å². The molecule has 0 aliphatic heterocycles. The molecule has 0 bridgehead atoms. The molecule has 2 rings (SSSR count). The Morgan fingerprint density at radius 3 is 2.36 bits per heavy atom. The summed E-state index contributed by atoms with van der Waals surface area (Å²) in [6.07, 6.45) is 0. The number of rotatable bonds is 8. The maximum Gasteiger partial charge on any atom is 0.312 e. The minimum absolute atomic E-state index is 0.0893. The first-order chi connectivity index (χ1) is 13.4. The number of aliphatic imine (C=N–C) groups is 1. The summed E-state index contributed by atoms with van der Waals surface area (Å²) in [5.74, 6) is -3.05. The van der Waals surface area contributed by atoms with Crippen molar-refractivity contribution in [3.8, 4) is 0 Å². The largest absolute Gasteiger partial charge is 0.481 e. The van der Waals surface area contributed by atoms with Crippen LogP contribution in [0.3, 0.4) is 0 Å². The number of carboxylic acid groups (broad SMARTS) is 1. The van der Waals surface area contributed by atoms with Crippen molar-refractivity contribution >= 4 is 29.4 Å². The molecule has 2 aromatic rings. The summed E-state index contributed by atoms with van der Waals surface area (Å²) in [6.45, 7) is -0.388. The van der Waals surface area contributed by atoms with Crippen LogP contribution in [0.15, 0.2) is 59.6 Å². The van der Waals surface area contributed by atoms with E-state index in [1.165, 1.54) is 6.07 Å². The van der Waals surface area contributed by atoms with Gasteiger partial charge in [-0.05, 0) is 23.8 Å². The Morgan fingerprint density at radius 1 is 1.00 bits per heavy atom. The number of nitrogens with zero attached hydrogens (tertiary/aromatic N) is 1. The van der Waals surface area contributed by atoms with Gasteiger partial charge in [-0.2, -0.15) is 0 Å². The van der Waals surface area contributed by atoms with Gasteiger partial charge < -0.3 is 27.2 Å². The van der Waals surface area contributed by atoms with E-state index in [0.29, 0.717) is 11.3 Å². The molecular formula is C19H21N5O4. The highest BCUT2D eigenvalue weighted by molar-refractivity contribution is 5.97. The van der Waals surface area contributed by atoms with Crippen molar-refractivity contribution in [2.45, 2.75) is 5.92 Å². The highest BCUT2D eigenvalue weighted by Crippen LogP contribution is 2.15. The number of carboxylic acids is 1. The SMILES string of the molecule is NC(N)=Nc1cccc(C(=O)NCC(=O)NCC(C(=O)O)c2ccccc2)c1. The molecule has 1 unspecified atom stereocenters. The highest BCUT2D eigenvalue weighted by atomic mass is 16.4. The Hall–Kier alpha value is -3.88. The third-order valence-electron chi connectivity index (χ3n) is 3.78. The van der Waals surface area contributed by atoms with Crippen LogP contribution < -0.4 is 22.1 Å². The number of carbonyl (C=O) groups is 3. The Morgan fingerprint density at radius 2 is 1.71 bits per heavy atom. The summed E-state index contributed by atoms with van der Waals surface area (Å²) >= 11 is 0. The van der Waals surface area contributed by atoms with E-state index in [1.54, 1.807) is 48.5 Å². The van der Waals surface area contributed by atoms with Crippen LogP contribution in [0.5, 0.6) is 0 Å². The van der Waals surface area contributed by atoms with Gasteiger partial charge in [-0.25, -0.2) is 4.99 Å². The predicted molar refractivity (Wildman–Crippen MR) is 104 cm³/mol. The highest BCUT2D eigenvalue weighted by Gasteiger charge is 2.20. The Balaban J connectivity index is 1.89. The fraction of sp³-hybridized carbons (Fsp3) is 0.158. The first-order valence-electron chi connectivity index (χ1n) is 8.39. The van der Waals surface area contributed by atoms with Gasteiger partial charge in [0, 0.05) is 12.1 Å². The second-order valence-electron chi connectivity index (χ2n) is 5.88. The van der Waals surface area contributed by atoms with Crippen LogP contribution in [0.4, 0.5) is 5.69 Å². The van der Waals surface area contributed by atoms with Crippen LogP contribution in [0, 0.1) is 0 Å². The molecule has 0 aliphatic rings. The van der Waals surface area contributed by atoms with Crippen molar-refractivity contribution < 1.29 is 19.5 Å². The van der Waals surface area contributed by atoms with Crippen molar-refractivity contribution in [3.63, 3.8) is 0 Å². The van der Waals surface area contributed by atoms with E-state index in [-0.39, 0.29) is 24.6 Å². The van der Waals surface area contributed by atoms with E-state index in [0.717, 1.165) is 0 Å². The Kier molecular flexibility index (Phi) is 7.09. The van der Waals surface area contributed by atoms with Gasteiger partial charge in [-0.3, -0.25) is 14.4 Å². The van der Waals surface area contributed by atoms with E-state index < -0.39 is 23.7 Å². The quantitative estimate of drug-likeness (QED) is 0.326. The maximum atomic E-state index is 12.2. The summed E-state index contributed by atoms with van der Waals surface area (Å²) in [7, 11) is 0. The fourth-order valence-corrected chi connectivity index (χ4v) is 2.44. The molecule has 0 aliphatic carbocycles. The number of carbonyl (C=O) groups excluding carboxylic acids is 2. The molecule has 0 heterocycles. The second kappa shape index (κ2) is 9.72. The van der Waals surface area contributed by atoms with E-state index >= 15 is 0 Å². The van der Waals surface area contributed by atoms with Crippen molar-refractivity contribution in [2.24, 2.45) is 16.5 Å². The number of nitrogens with two attached hydrogens (primary N) is 2. The lowest BCUT2D eigenvalue weighted by Crippen LogP contribution is -2.39. The summed E-state index contributed by atoms with van der Waals surface area (Å²) in [6, 6.07) is 14.8. The molecule has 0 saturated heterocycles. The van der Waals surface area contributed by atoms with Gasteiger partial charge in [0.2, 0.25) is 5.91 Å². The van der Waals surface area contributed by atoms with E-state index in [9.17, 15) is 19.5 Å². The number of guanidine groups is 1. The molecule has 1 atom stereocenters. The monoisotopic (exact) mass is 383 g/mol. The number of aliphatic carboxylic acids is 1. The summed E-state index contributed by atoms with van der Waals surface area (Å²) in [5.41, 5.74) is 11.9. The molecule has 9 heteroatoms. The van der Waals surface area contributed by atoms with Crippen molar-refractivity contribution in [1.82, 2.24) is 10.6 Å². The zero-order chi connectivity index (χ0) is 20.5. The Bertz CT molecular complexity index is 879. The lowest BCUT2D eigenvalue weighted by Gasteiger charge is -2.14. The molecule has 2 amide bonds. The molecule has 146 valence electrons. The molecule has 7 N–H and O–H groups in total. The number of hydrogen-bond acceptors (Lipinski definition) is 4. The standard InChI is InChI=1S/C19H21N5O4/c20-19(21)24-14-8-4-7-13(9-14)17(26)23-11-16(25)22-10-15(18(27)28)12-5-2-1-3-6-12/h1-9,15H,10-11H2,(H,22,25)(H,23,26)(H,27,28)(H4,20,21,24). The minimum Gasteiger partial charge on any atom is -0.481 e. The molecule has 0 aromatic heterocycles. The van der Waals surface area contributed by atoms with Gasteiger partial charge in [0.05, 0.1) is 18.2 Å². The summed E-state index contributed by atoms with van der Waals surface area (Å²) in [5, 5.41) is 14.3. The maximum absolute atomic E-state index is 12.2. The topological polar surface area (TPSA) is 160 Å². The fourth-order valence-electron chi connectivity index (χ4n) is 2.44. The van der Waals surface area contributed by atoms with Crippen molar-refractivity contribution in [1.29, 1.82) is 0 Å². The smallest absolute Gasteiger partial charge is 0.312 e. The zero-order valence-electron chi connectivity index (χ0n) is 15.0. The van der Waals surface area contributed by atoms with Gasteiger partial charge in [-0.15, -0.1) is 0 Å². The summed E-state index contributed by atoms with van der Waals surface area (Å²) < 4.78 is 0.